The zero-order valence-corrected chi connectivity index (χ0v) is 9.02. The van der Waals surface area contributed by atoms with Crippen molar-refractivity contribution in [1.82, 2.24) is 9.88 Å². The minimum atomic E-state index is -0.391. The SMILES string of the molecule is O=C1NCC(Cn2ccc3c(F)cccc32)O1. The second kappa shape index (κ2) is 3.76. The Morgan fingerprint density at radius 3 is 3.12 bits per heavy atom. The Morgan fingerprint density at radius 2 is 2.35 bits per heavy atom. The number of nitrogens with one attached hydrogen (secondary N) is 1. The maximum absolute atomic E-state index is 13.5. The molecule has 1 atom stereocenters. The smallest absolute Gasteiger partial charge is 0.407 e. The van der Waals surface area contributed by atoms with Gasteiger partial charge in [-0.2, -0.15) is 0 Å². The number of aromatic nitrogens is 1. The molecule has 88 valence electrons. The van der Waals surface area contributed by atoms with Crippen LogP contribution in [0.3, 0.4) is 0 Å². The average Bonchev–Trinajstić information content (AvgIpc) is 2.88. The Kier molecular flexibility index (Phi) is 2.24. The molecule has 0 saturated carbocycles. The molecule has 1 saturated heterocycles. The lowest BCUT2D eigenvalue weighted by atomic mass is 10.2. The number of nitrogens with zero attached hydrogens (tertiary/aromatic N) is 1. The van der Waals surface area contributed by atoms with Crippen LogP contribution in [0.1, 0.15) is 0 Å². The molecule has 1 fully saturated rings. The fraction of sp³-hybridized carbons (Fsp3) is 0.250. The number of carbonyl (C=O) groups is 1. The molecule has 4 nitrogen and oxygen atoms in total. The third-order valence-electron chi connectivity index (χ3n) is 2.91. The number of rotatable bonds is 2. The van der Waals surface area contributed by atoms with Gasteiger partial charge in [0.05, 0.1) is 18.6 Å². The number of hydrogen-bond donors (Lipinski definition) is 1. The summed E-state index contributed by atoms with van der Waals surface area (Å²) in [4.78, 5) is 10.9. The van der Waals surface area contributed by atoms with E-state index >= 15 is 0 Å². The van der Waals surface area contributed by atoms with E-state index in [1.807, 2.05) is 10.6 Å². The normalized spacial score (nSPS) is 19.4. The third-order valence-corrected chi connectivity index (χ3v) is 2.91. The van der Waals surface area contributed by atoms with Crippen molar-refractivity contribution in [3.05, 3.63) is 36.3 Å². The van der Waals surface area contributed by atoms with Crippen LogP contribution in [-0.2, 0) is 11.3 Å². The van der Waals surface area contributed by atoms with Gasteiger partial charge in [-0.15, -0.1) is 0 Å². The molecule has 0 bridgehead atoms. The lowest BCUT2D eigenvalue weighted by molar-refractivity contribution is 0.131. The monoisotopic (exact) mass is 234 g/mol. The van der Waals surface area contributed by atoms with Crippen molar-refractivity contribution in [2.45, 2.75) is 12.6 Å². The Labute approximate surface area is 97.0 Å². The number of hydrogen-bond acceptors (Lipinski definition) is 2. The van der Waals surface area contributed by atoms with Crippen molar-refractivity contribution in [2.24, 2.45) is 0 Å². The van der Waals surface area contributed by atoms with E-state index < -0.39 is 6.09 Å². The Bertz CT molecular complexity index is 579. The van der Waals surface area contributed by atoms with Crippen molar-refractivity contribution in [1.29, 1.82) is 0 Å². The number of halogens is 1. The van der Waals surface area contributed by atoms with Crippen LogP contribution < -0.4 is 5.32 Å². The zero-order chi connectivity index (χ0) is 11.8. The van der Waals surface area contributed by atoms with E-state index in [1.165, 1.54) is 6.07 Å². The molecule has 2 aromatic rings. The van der Waals surface area contributed by atoms with Gasteiger partial charge in [-0.05, 0) is 18.2 Å². The quantitative estimate of drug-likeness (QED) is 0.862. The van der Waals surface area contributed by atoms with E-state index in [-0.39, 0.29) is 11.9 Å². The van der Waals surface area contributed by atoms with E-state index in [2.05, 4.69) is 5.32 Å². The molecule has 1 aliphatic heterocycles. The zero-order valence-electron chi connectivity index (χ0n) is 9.02. The average molecular weight is 234 g/mol. The first-order valence-corrected chi connectivity index (χ1v) is 5.42. The van der Waals surface area contributed by atoms with Crippen LogP contribution in [0.25, 0.3) is 10.9 Å². The predicted octanol–water partition coefficient (Wildman–Crippen LogP) is 1.89. The summed E-state index contributed by atoms with van der Waals surface area (Å²) in [5.41, 5.74) is 0.813. The minimum Gasteiger partial charge on any atom is -0.442 e. The molecule has 0 spiro atoms. The predicted molar refractivity (Wildman–Crippen MR) is 60.2 cm³/mol. The van der Waals surface area contributed by atoms with Crippen molar-refractivity contribution < 1.29 is 13.9 Å². The summed E-state index contributed by atoms with van der Waals surface area (Å²) in [6.45, 7) is 1.03. The topological polar surface area (TPSA) is 43.3 Å². The number of amides is 1. The van der Waals surface area contributed by atoms with Gasteiger partial charge in [0.15, 0.2) is 0 Å². The standard InChI is InChI=1S/C12H11FN2O2/c13-10-2-1-3-11-9(10)4-5-15(11)7-8-6-14-12(16)17-8/h1-5,8H,6-7H2,(H,14,16). The van der Waals surface area contributed by atoms with Crippen LogP contribution in [-0.4, -0.2) is 23.3 Å². The van der Waals surface area contributed by atoms with Crippen molar-refractivity contribution in [2.75, 3.05) is 6.54 Å². The number of ether oxygens (including phenoxy) is 1. The highest BCUT2D eigenvalue weighted by Crippen LogP contribution is 2.19. The second-order valence-corrected chi connectivity index (χ2v) is 4.05. The minimum absolute atomic E-state index is 0.193. The van der Waals surface area contributed by atoms with Gasteiger partial charge in [0.1, 0.15) is 11.9 Å². The number of cyclic esters (lactones) is 1. The lowest BCUT2D eigenvalue weighted by Crippen LogP contribution is -2.20. The van der Waals surface area contributed by atoms with E-state index in [1.54, 1.807) is 18.3 Å². The molecule has 5 heteroatoms. The number of alkyl carbamates (subject to hydrolysis) is 1. The van der Waals surface area contributed by atoms with Crippen LogP contribution in [0.15, 0.2) is 30.5 Å². The Morgan fingerprint density at radius 1 is 1.47 bits per heavy atom. The molecular weight excluding hydrogens is 223 g/mol. The molecule has 0 radical (unpaired) electrons. The van der Waals surface area contributed by atoms with Crippen molar-refractivity contribution in [3.8, 4) is 0 Å². The summed E-state index contributed by atoms with van der Waals surface area (Å²) in [7, 11) is 0. The maximum atomic E-state index is 13.5. The lowest BCUT2D eigenvalue weighted by Gasteiger charge is -2.10. The fourth-order valence-electron chi connectivity index (χ4n) is 2.10. The van der Waals surface area contributed by atoms with Crippen LogP contribution in [0.4, 0.5) is 9.18 Å². The van der Waals surface area contributed by atoms with Gasteiger partial charge in [0.2, 0.25) is 0 Å². The molecule has 1 unspecified atom stereocenters. The van der Waals surface area contributed by atoms with E-state index in [9.17, 15) is 9.18 Å². The van der Waals surface area contributed by atoms with Crippen LogP contribution in [0, 0.1) is 5.82 Å². The van der Waals surface area contributed by atoms with Gasteiger partial charge >= 0.3 is 6.09 Å². The first kappa shape index (κ1) is 10.1. The molecule has 2 heterocycles. The number of fused-ring (bicyclic) bond motifs is 1. The van der Waals surface area contributed by atoms with Gasteiger partial charge < -0.3 is 14.6 Å². The third kappa shape index (κ3) is 1.73. The molecule has 17 heavy (non-hydrogen) atoms. The van der Waals surface area contributed by atoms with E-state index in [4.69, 9.17) is 4.74 Å². The highest BCUT2D eigenvalue weighted by Gasteiger charge is 2.23. The fourth-order valence-corrected chi connectivity index (χ4v) is 2.10. The first-order chi connectivity index (χ1) is 8.24. The van der Waals surface area contributed by atoms with Gasteiger partial charge in [0.25, 0.3) is 0 Å². The molecule has 0 aliphatic carbocycles. The van der Waals surface area contributed by atoms with Crippen molar-refractivity contribution >= 4 is 17.0 Å². The largest absolute Gasteiger partial charge is 0.442 e. The molecular formula is C12H11FN2O2. The molecule has 1 aromatic carbocycles. The van der Waals surface area contributed by atoms with Crippen LogP contribution in [0.5, 0.6) is 0 Å². The van der Waals surface area contributed by atoms with Gasteiger partial charge in [0, 0.05) is 11.6 Å². The highest BCUT2D eigenvalue weighted by atomic mass is 19.1. The second-order valence-electron chi connectivity index (χ2n) is 4.05. The Balaban J connectivity index is 1.91. The molecule has 1 amide bonds. The van der Waals surface area contributed by atoms with Crippen LogP contribution in [0.2, 0.25) is 0 Å². The first-order valence-electron chi connectivity index (χ1n) is 5.42. The van der Waals surface area contributed by atoms with Crippen LogP contribution >= 0.6 is 0 Å². The summed E-state index contributed by atoms with van der Waals surface area (Å²) >= 11 is 0. The summed E-state index contributed by atoms with van der Waals surface area (Å²) < 4.78 is 20.4. The highest BCUT2D eigenvalue weighted by molar-refractivity contribution is 5.80. The molecule has 1 aliphatic rings. The summed E-state index contributed by atoms with van der Waals surface area (Å²) in [6, 6.07) is 6.69. The molecule has 1 N–H and O–H groups in total. The van der Waals surface area contributed by atoms with Gasteiger partial charge in [-0.1, -0.05) is 6.07 Å². The maximum Gasteiger partial charge on any atom is 0.407 e. The van der Waals surface area contributed by atoms with E-state index in [0.29, 0.717) is 18.5 Å². The molecule has 3 rings (SSSR count). The number of carbonyl (C=O) groups excluding carboxylic acids is 1. The van der Waals surface area contributed by atoms with Gasteiger partial charge in [-0.3, -0.25) is 0 Å². The summed E-state index contributed by atoms with van der Waals surface area (Å²) in [6.07, 6.45) is 1.22. The summed E-state index contributed by atoms with van der Waals surface area (Å²) in [5.74, 6) is -0.234. The number of benzene rings is 1. The van der Waals surface area contributed by atoms with E-state index in [0.717, 1.165) is 5.52 Å². The van der Waals surface area contributed by atoms with Gasteiger partial charge in [-0.25, -0.2) is 9.18 Å². The molecule has 1 aromatic heterocycles. The van der Waals surface area contributed by atoms with Crippen molar-refractivity contribution in [3.63, 3.8) is 0 Å². The summed E-state index contributed by atoms with van der Waals surface area (Å²) in [5, 5.41) is 3.18. The Hall–Kier alpha value is -2.04.